The van der Waals surface area contributed by atoms with Crippen molar-refractivity contribution in [3.63, 3.8) is 0 Å². The van der Waals surface area contributed by atoms with E-state index in [0.29, 0.717) is 6.04 Å². The molecule has 0 spiro atoms. The van der Waals surface area contributed by atoms with Crippen molar-refractivity contribution in [3.8, 4) is 0 Å². The lowest BCUT2D eigenvalue weighted by molar-refractivity contribution is 0.320. The van der Waals surface area contributed by atoms with E-state index in [0.717, 1.165) is 9.99 Å². The highest BCUT2D eigenvalue weighted by Crippen LogP contribution is 2.35. The molecule has 0 unspecified atom stereocenters. The van der Waals surface area contributed by atoms with Gasteiger partial charge in [0.25, 0.3) is 0 Å². The minimum atomic E-state index is 0.679. The predicted octanol–water partition coefficient (Wildman–Crippen LogP) is 3.52. The molecule has 14 heavy (non-hydrogen) atoms. The smallest absolute Gasteiger partial charge is 0.0961 e. The van der Waals surface area contributed by atoms with Gasteiger partial charge in [0.1, 0.15) is 0 Å². The third-order valence-electron chi connectivity index (χ3n) is 3.01. The van der Waals surface area contributed by atoms with Crippen molar-refractivity contribution in [2.24, 2.45) is 0 Å². The maximum absolute atomic E-state index is 4.42. The van der Waals surface area contributed by atoms with Gasteiger partial charge in [0.2, 0.25) is 0 Å². The van der Waals surface area contributed by atoms with E-state index in [4.69, 9.17) is 0 Å². The zero-order valence-corrected chi connectivity index (χ0v) is 9.37. The Hall–Kier alpha value is -0.830. The van der Waals surface area contributed by atoms with Crippen LogP contribution >= 0.6 is 15.9 Å². The fourth-order valence-electron chi connectivity index (χ4n) is 1.99. The highest BCUT2D eigenvalue weighted by atomic mass is 79.9. The third kappa shape index (κ3) is 1.12. The molecule has 1 aromatic carbocycles. The first-order chi connectivity index (χ1) is 6.86. The van der Waals surface area contributed by atoms with Crippen molar-refractivity contribution in [1.82, 2.24) is 9.55 Å². The molecule has 0 atom stereocenters. The molecule has 0 aliphatic heterocycles. The van der Waals surface area contributed by atoms with Gasteiger partial charge in [0.15, 0.2) is 0 Å². The van der Waals surface area contributed by atoms with Crippen LogP contribution in [0.4, 0.5) is 0 Å². The van der Waals surface area contributed by atoms with Crippen molar-refractivity contribution in [2.75, 3.05) is 0 Å². The molecule has 1 aliphatic carbocycles. The molecule has 0 N–H and O–H groups in total. The summed E-state index contributed by atoms with van der Waals surface area (Å²) < 4.78 is 3.46. The summed E-state index contributed by atoms with van der Waals surface area (Å²) in [6, 6.07) is 6.86. The second-order valence-corrected chi connectivity index (χ2v) is 4.70. The zero-order chi connectivity index (χ0) is 9.54. The van der Waals surface area contributed by atoms with E-state index in [1.807, 2.05) is 12.4 Å². The van der Waals surface area contributed by atoms with Crippen molar-refractivity contribution in [1.29, 1.82) is 0 Å². The van der Waals surface area contributed by atoms with Crippen LogP contribution in [0.5, 0.6) is 0 Å². The number of nitrogens with zero attached hydrogens (tertiary/aromatic N) is 2. The number of hydrogen-bond donors (Lipinski definition) is 0. The van der Waals surface area contributed by atoms with Gasteiger partial charge in [0.05, 0.1) is 17.4 Å². The van der Waals surface area contributed by atoms with E-state index >= 15 is 0 Å². The van der Waals surface area contributed by atoms with Gasteiger partial charge < -0.3 is 4.57 Å². The minimum absolute atomic E-state index is 0.679. The number of imidazole rings is 1. The second-order valence-electron chi connectivity index (χ2n) is 3.84. The van der Waals surface area contributed by atoms with Gasteiger partial charge in [-0.25, -0.2) is 4.98 Å². The molecule has 0 radical (unpaired) electrons. The van der Waals surface area contributed by atoms with E-state index in [2.05, 4.69) is 37.6 Å². The summed E-state index contributed by atoms with van der Waals surface area (Å²) in [5, 5.41) is 0. The Morgan fingerprint density at radius 2 is 2.21 bits per heavy atom. The summed E-state index contributed by atoms with van der Waals surface area (Å²) in [4.78, 5) is 4.42. The van der Waals surface area contributed by atoms with Gasteiger partial charge in [-0.1, -0.05) is 6.07 Å². The molecule has 3 heteroatoms. The lowest BCUT2D eigenvalue weighted by Crippen LogP contribution is -2.15. The quantitative estimate of drug-likeness (QED) is 0.758. The van der Waals surface area contributed by atoms with Gasteiger partial charge >= 0.3 is 0 Å². The Kier molecular flexibility index (Phi) is 1.87. The molecule has 1 saturated carbocycles. The maximum Gasteiger partial charge on any atom is 0.0961 e. The Morgan fingerprint density at radius 3 is 2.93 bits per heavy atom. The Bertz CT molecular complexity index is 471. The van der Waals surface area contributed by atoms with Crippen LogP contribution in [0.2, 0.25) is 0 Å². The number of aromatic nitrogens is 2. The summed E-state index contributed by atoms with van der Waals surface area (Å²) in [5.41, 5.74) is 2.34. The SMILES string of the molecule is Brc1cccc2ncn(C3CCC3)c12. The molecule has 0 saturated heterocycles. The maximum atomic E-state index is 4.42. The summed E-state index contributed by atoms with van der Waals surface area (Å²) in [6.07, 6.45) is 5.92. The normalized spacial score (nSPS) is 17.2. The van der Waals surface area contributed by atoms with Gasteiger partial charge in [-0.05, 0) is 47.3 Å². The predicted molar refractivity (Wildman–Crippen MR) is 60.3 cm³/mol. The highest BCUT2D eigenvalue weighted by molar-refractivity contribution is 9.10. The highest BCUT2D eigenvalue weighted by Gasteiger charge is 2.21. The molecular weight excluding hydrogens is 240 g/mol. The summed E-state index contributed by atoms with van der Waals surface area (Å²) in [5.74, 6) is 0. The van der Waals surface area contributed by atoms with Crippen molar-refractivity contribution >= 4 is 27.0 Å². The van der Waals surface area contributed by atoms with E-state index in [1.165, 1.54) is 24.8 Å². The molecule has 1 fully saturated rings. The van der Waals surface area contributed by atoms with Crippen LogP contribution in [-0.4, -0.2) is 9.55 Å². The number of halogens is 1. The van der Waals surface area contributed by atoms with Crippen LogP contribution in [0.3, 0.4) is 0 Å². The Labute approximate surface area is 91.1 Å². The molecule has 1 aromatic heterocycles. The lowest BCUT2D eigenvalue weighted by Gasteiger charge is -2.27. The molecule has 0 amide bonds. The van der Waals surface area contributed by atoms with Gasteiger partial charge in [-0.2, -0.15) is 0 Å². The van der Waals surface area contributed by atoms with Gasteiger partial charge in [-0.3, -0.25) is 0 Å². The van der Waals surface area contributed by atoms with E-state index in [1.54, 1.807) is 0 Å². The molecule has 0 bridgehead atoms. The third-order valence-corrected chi connectivity index (χ3v) is 3.65. The van der Waals surface area contributed by atoms with Crippen LogP contribution in [0.25, 0.3) is 11.0 Å². The van der Waals surface area contributed by atoms with E-state index in [9.17, 15) is 0 Å². The van der Waals surface area contributed by atoms with Gasteiger partial charge in [0, 0.05) is 10.5 Å². The molecule has 3 rings (SSSR count). The molecule has 2 aromatic rings. The van der Waals surface area contributed by atoms with Crippen molar-refractivity contribution < 1.29 is 0 Å². The molecule has 1 heterocycles. The van der Waals surface area contributed by atoms with Crippen LogP contribution in [0.15, 0.2) is 29.0 Å². The molecular formula is C11H11BrN2. The fraction of sp³-hybridized carbons (Fsp3) is 0.364. The summed E-state index contributed by atoms with van der Waals surface area (Å²) in [7, 11) is 0. The van der Waals surface area contributed by atoms with E-state index < -0.39 is 0 Å². The zero-order valence-electron chi connectivity index (χ0n) is 7.78. The average Bonchev–Trinajstić information content (AvgIpc) is 2.47. The second kappa shape index (κ2) is 3.09. The molecule has 2 nitrogen and oxygen atoms in total. The average molecular weight is 251 g/mol. The van der Waals surface area contributed by atoms with E-state index in [-0.39, 0.29) is 0 Å². The first kappa shape index (κ1) is 8.48. The number of hydrogen-bond acceptors (Lipinski definition) is 1. The minimum Gasteiger partial charge on any atom is -0.327 e. The van der Waals surface area contributed by atoms with Crippen LogP contribution < -0.4 is 0 Å². The summed E-state index contributed by atoms with van der Waals surface area (Å²) >= 11 is 3.59. The Morgan fingerprint density at radius 1 is 1.36 bits per heavy atom. The number of para-hydroxylation sites is 1. The van der Waals surface area contributed by atoms with Crippen LogP contribution in [0.1, 0.15) is 25.3 Å². The summed E-state index contributed by atoms with van der Waals surface area (Å²) in [6.45, 7) is 0. The van der Waals surface area contributed by atoms with Crippen molar-refractivity contribution in [2.45, 2.75) is 25.3 Å². The lowest BCUT2D eigenvalue weighted by atomic mass is 9.93. The Balaban J connectivity index is 2.23. The largest absolute Gasteiger partial charge is 0.327 e. The monoisotopic (exact) mass is 250 g/mol. The number of rotatable bonds is 1. The first-order valence-corrected chi connectivity index (χ1v) is 5.76. The number of fused-ring (bicyclic) bond motifs is 1. The van der Waals surface area contributed by atoms with Crippen molar-refractivity contribution in [3.05, 3.63) is 29.0 Å². The van der Waals surface area contributed by atoms with Gasteiger partial charge in [-0.15, -0.1) is 0 Å². The number of benzene rings is 1. The fourth-order valence-corrected chi connectivity index (χ4v) is 2.55. The standard InChI is InChI=1S/C11H11BrN2/c12-9-5-2-6-10-11(9)14(7-13-10)8-3-1-4-8/h2,5-8H,1,3-4H2. The topological polar surface area (TPSA) is 17.8 Å². The van der Waals surface area contributed by atoms with Crippen LogP contribution in [0, 0.1) is 0 Å². The molecule has 1 aliphatic rings. The first-order valence-electron chi connectivity index (χ1n) is 4.97. The molecule has 72 valence electrons. The van der Waals surface area contributed by atoms with Crippen LogP contribution in [-0.2, 0) is 0 Å².